The number of nitriles is 1. The third-order valence-corrected chi connectivity index (χ3v) is 5.76. The highest BCUT2D eigenvalue weighted by molar-refractivity contribution is 7.90. The van der Waals surface area contributed by atoms with Crippen LogP contribution in [0.3, 0.4) is 0 Å². The molecule has 0 fully saturated rings. The molecule has 0 aromatic heterocycles. The molecule has 32 heavy (non-hydrogen) atoms. The van der Waals surface area contributed by atoms with Gasteiger partial charge in [0.05, 0.1) is 23.1 Å². The summed E-state index contributed by atoms with van der Waals surface area (Å²) in [5, 5.41) is 13.0. The van der Waals surface area contributed by atoms with E-state index in [0.29, 0.717) is 12.1 Å². The summed E-state index contributed by atoms with van der Waals surface area (Å²) in [6.07, 6.45) is -5.02. The van der Waals surface area contributed by atoms with E-state index in [1.807, 2.05) is 0 Å². The molecule has 0 saturated carbocycles. The number of alkyl halides is 3. The average molecular weight is 471 g/mol. The van der Waals surface area contributed by atoms with Crippen LogP contribution in [0.5, 0.6) is 0 Å². The molecule has 0 aliphatic heterocycles. The number of rotatable bonds is 8. The number of nitrogens with zero attached hydrogens (tertiary/aromatic N) is 1. The minimum atomic E-state index is -5.02. The number of hydrogen-bond donors (Lipinski definition) is 2. The first-order valence-electron chi connectivity index (χ1n) is 8.99. The molecule has 0 saturated heterocycles. The van der Waals surface area contributed by atoms with Crippen LogP contribution < -0.4 is 10.6 Å². The number of benzene rings is 2. The lowest BCUT2D eigenvalue weighted by Crippen LogP contribution is -2.50. The number of carbonyl (C=O) groups is 2. The summed E-state index contributed by atoms with van der Waals surface area (Å²) in [6, 6.07) is 9.34. The zero-order chi connectivity index (χ0) is 23.9. The zero-order valence-electron chi connectivity index (χ0n) is 16.3. The fourth-order valence-corrected chi connectivity index (χ4v) is 4.26. The summed E-state index contributed by atoms with van der Waals surface area (Å²) in [5.74, 6) is -5.17. The molecule has 12 heteroatoms. The lowest BCUT2D eigenvalue weighted by atomic mass is 10.1. The Kier molecular flexibility index (Phi) is 7.93. The Labute approximate surface area is 181 Å². The number of amides is 2. The van der Waals surface area contributed by atoms with E-state index in [1.165, 1.54) is 12.1 Å². The molecule has 0 aliphatic carbocycles. The summed E-state index contributed by atoms with van der Waals surface area (Å²) in [5.41, 5.74) is -1.83. The smallest absolute Gasteiger partial charge is 0.341 e. The number of carbonyl (C=O) groups excluding carboxylic acids is 2. The van der Waals surface area contributed by atoms with Gasteiger partial charge in [0.2, 0.25) is 5.91 Å². The molecule has 1 atom stereocenters. The largest absolute Gasteiger partial charge is 0.419 e. The van der Waals surface area contributed by atoms with Crippen molar-refractivity contribution in [2.24, 2.45) is 0 Å². The van der Waals surface area contributed by atoms with Crippen molar-refractivity contribution >= 4 is 21.7 Å². The van der Waals surface area contributed by atoms with Crippen molar-refractivity contribution in [3.8, 4) is 6.07 Å². The van der Waals surface area contributed by atoms with Crippen molar-refractivity contribution in [2.75, 3.05) is 12.3 Å². The van der Waals surface area contributed by atoms with Crippen molar-refractivity contribution < 1.29 is 35.6 Å². The van der Waals surface area contributed by atoms with E-state index < -0.39 is 63.3 Å². The highest BCUT2D eigenvalue weighted by atomic mass is 32.2. The predicted octanol–water partition coefficient (Wildman–Crippen LogP) is 2.20. The second-order valence-corrected chi connectivity index (χ2v) is 8.74. The molecule has 2 aromatic carbocycles. The minimum Gasteiger partial charge on any atom is -0.341 e. The van der Waals surface area contributed by atoms with E-state index in [9.17, 15) is 35.6 Å². The van der Waals surface area contributed by atoms with Crippen LogP contribution in [0.1, 0.15) is 21.5 Å². The molecule has 0 heterocycles. The van der Waals surface area contributed by atoms with Gasteiger partial charge in [-0.3, -0.25) is 9.59 Å². The van der Waals surface area contributed by atoms with Crippen molar-refractivity contribution in [3.63, 3.8) is 0 Å². The zero-order valence-corrected chi connectivity index (χ0v) is 17.1. The lowest BCUT2D eigenvalue weighted by molar-refractivity contribution is -0.140. The van der Waals surface area contributed by atoms with Crippen LogP contribution in [-0.4, -0.2) is 38.6 Å². The molecular weight excluding hydrogens is 454 g/mol. The van der Waals surface area contributed by atoms with Gasteiger partial charge >= 0.3 is 6.18 Å². The molecule has 7 nitrogen and oxygen atoms in total. The molecule has 2 aromatic rings. The van der Waals surface area contributed by atoms with E-state index in [1.54, 1.807) is 24.3 Å². The van der Waals surface area contributed by atoms with E-state index in [2.05, 4.69) is 10.6 Å². The van der Waals surface area contributed by atoms with Gasteiger partial charge in [-0.15, -0.1) is 0 Å². The molecule has 2 N–H and O–H groups in total. The van der Waals surface area contributed by atoms with E-state index in [-0.39, 0.29) is 11.1 Å². The summed E-state index contributed by atoms with van der Waals surface area (Å²) in [4.78, 5) is 24.6. The standard InChI is InChI=1S/C20H17F4N3O4S/c21-16-7-6-13(10-15(16)20(22,23)24)11-32(30,31)12-17(19(29)26-9-8-25)27-18(28)14-4-2-1-3-5-14/h1-7,10,17H,9,11-12H2,(H,26,29)(H,27,28)/t17-/m0/s1. The van der Waals surface area contributed by atoms with Gasteiger partial charge in [0.15, 0.2) is 9.84 Å². The Morgan fingerprint density at radius 3 is 2.34 bits per heavy atom. The Balaban J connectivity index is 2.24. The van der Waals surface area contributed by atoms with Crippen molar-refractivity contribution in [1.29, 1.82) is 5.26 Å². The second-order valence-electron chi connectivity index (χ2n) is 6.63. The highest BCUT2D eigenvalue weighted by Crippen LogP contribution is 2.32. The van der Waals surface area contributed by atoms with Gasteiger partial charge in [-0.1, -0.05) is 24.3 Å². The van der Waals surface area contributed by atoms with Crippen LogP contribution in [0.4, 0.5) is 17.6 Å². The quantitative estimate of drug-likeness (QED) is 0.452. The second kappa shape index (κ2) is 10.2. The fourth-order valence-electron chi connectivity index (χ4n) is 2.71. The van der Waals surface area contributed by atoms with Gasteiger partial charge in [0.25, 0.3) is 5.91 Å². The minimum absolute atomic E-state index is 0.135. The maximum Gasteiger partial charge on any atom is 0.419 e. The lowest BCUT2D eigenvalue weighted by Gasteiger charge is -2.18. The van der Waals surface area contributed by atoms with Crippen LogP contribution >= 0.6 is 0 Å². The first kappa shape index (κ1) is 24.8. The van der Waals surface area contributed by atoms with Crippen molar-refractivity contribution in [1.82, 2.24) is 10.6 Å². The Morgan fingerprint density at radius 2 is 1.75 bits per heavy atom. The highest BCUT2D eigenvalue weighted by Gasteiger charge is 2.35. The maximum atomic E-state index is 13.4. The molecule has 170 valence electrons. The van der Waals surface area contributed by atoms with Crippen molar-refractivity contribution in [3.05, 3.63) is 71.0 Å². The van der Waals surface area contributed by atoms with E-state index in [4.69, 9.17) is 5.26 Å². The molecule has 0 radical (unpaired) electrons. The summed E-state index contributed by atoms with van der Waals surface area (Å²) < 4.78 is 77.3. The number of sulfone groups is 1. The third kappa shape index (κ3) is 7.05. The Bertz CT molecular complexity index is 1130. The Morgan fingerprint density at radius 1 is 1.09 bits per heavy atom. The van der Waals surface area contributed by atoms with Crippen LogP contribution in [0.2, 0.25) is 0 Å². The van der Waals surface area contributed by atoms with Crippen LogP contribution in [0.25, 0.3) is 0 Å². The van der Waals surface area contributed by atoms with Gasteiger partial charge in [-0.05, 0) is 29.8 Å². The van der Waals surface area contributed by atoms with Crippen LogP contribution in [0, 0.1) is 17.1 Å². The molecule has 0 bridgehead atoms. The summed E-state index contributed by atoms with van der Waals surface area (Å²) in [7, 11) is -4.26. The Hall–Kier alpha value is -3.46. The SMILES string of the molecule is N#CCNC(=O)[C@H](CS(=O)(=O)Cc1ccc(F)c(C(F)(F)F)c1)NC(=O)c1ccccc1. The molecule has 2 amide bonds. The number of hydrogen-bond acceptors (Lipinski definition) is 5. The number of halogens is 4. The van der Waals surface area contributed by atoms with E-state index >= 15 is 0 Å². The van der Waals surface area contributed by atoms with Crippen LogP contribution in [0.15, 0.2) is 48.5 Å². The average Bonchev–Trinajstić information content (AvgIpc) is 2.72. The molecule has 2 rings (SSSR count). The van der Waals surface area contributed by atoms with Gasteiger partial charge in [0.1, 0.15) is 18.4 Å². The van der Waals surface area contributed by atoms with Gasteiger partial charge < -0.3 is 10.6 Å². The maximum absolute atomic E-state index is 13.4. The number of nitrogens with one attached hydrogen (secondary N) is 2. The first-order chi connectivity index (χ1) is 14.9. The van der Waals surface area contributed by atoms with Crippen molar-refractivity contribution in [2.45, 2.75) is 18.0 Å². The van der Waals surface area contributed by atoms with E-state index in [0.717, 1.165) is 6.07 Å². The van der Waals surface area contributed by atoms with Gasteiger partial charge in [-0.25, -0.2) is 12.8 Å². The van der Waals surface area contributed by atoms with Gasteiger partial charge in [-0.2, -0.15) is 18.4 Å². The molecule has 0 spiro atoms. The fraction of sp³-hybridized carbons (Fsp3) is 0.250. The predicted molar refractivity (Wildman–Crippen MR) is 105 cm³/mol. The first-order valence-corrected chi connectivity index (χ1v) is 10.8. The van der Waals surface area contributed by atoms with Crippen LogP contribution in [-0.2, 0) is 26.6 Å². The molecular formula is C20H17F4N3O4S. The molecule has 0 unspecified atom stereocenters. The normalized spacial score (nSPS) is 12.5. The monoisotopic (exact) mass is 471 g/mol. The summed E-state index contributed by atoms with van der Waals surface area (Å²) >= 11 is 0. The summed E-state index contributed by atoms with van der Waals surface area (Å²) in [6.45, 7) is -0.455. The van der Waals surface area contributed by atoms with Gasteiger partial charge in [0, 0.05) is 5.56 Å². The topological polar surface area (TPSA) is 116 Å². The third-order valence-electron chi connectivity index (χ3n) is 4.14. The molecule has 0 aliphatic rings.